The maximum atomic E-state index is 12.0. The van der Waals surface area contributed by atoms with Crippen LogP contribution >= 0.6 is 0 Å². The van der Waals surface area contributed by atoms with Crippen LogP contribution in [0.25, 0.3) is 0 Å². The number of likely N-dealkylation sites (N-methyl/N-ethyl adjacent to an activating group) is 1. The van der Waals surface area contributed by atoms with E-state index < -0.39 is 0 Å². The quantitative estimate of drug-likeness (QED) is 0.637. The van der Waals surface area contributed by atoms with Crippen LogP contribution in [0.15, 0.2) is 18.2 Å². The van der Waals surface area contributed by atoms with E-state index in [9.17, 15) is 14.9 Å². The zero-order valence-electron chi connectivity index (χ0n) is 12.3. The lowest BCUT2D eigenvalue weighted by Gasteiger charge is -2.25. The fourth-order valence-electron chi connectivity index (χ4n) is 2.78. The Kier molecular flexibility index (Phi) is 4.62. The highest BCUT2D eigenvalue weighted by atomic mass is 16.6. The fourth-order valence-corrected chi connectivity index (χ4v) is 2.78. The Labute approximate surface area is 123 Å². The van der Waals surface area contributed by atoms with Gasteiger partial charge in [0.1, 0.15) is 17.4 Å². The lowest BCUT2D eigenvalue weighted by molar-refractivity contribution is -0.383. The van der Waals surface area contributed by atoms with Gasteiger partial charge in [0.05, 0.1) is 4.92 Å². The zero-order chi connectivity index (χ0) is 15.4. The van der Waals surface area contributed by atoms with Gasteiger partial charge in [-0.3, -0.25) is 14.9 Å². The smallest absolute Gasteiger partial charge is 0.315 e. The number of carbonyl (C=O) groups excluding carboxylic acids is 1. The van der Waals surface area contributed by atoms with E-state index in [0.29, 0.717) is 30.9 Å². The molecule has 21 heavy (non-hydrogen) atoms. The molecule has 0 aromatic heterocycles. The third-order valence-electron chi connectivity index (χ3n) is 3.68. The Morgan fingerprint density at radius 3 is 2.90 bits per heavy atom. The van der Waals surface area contributed by atoms with Crippen molar-refractivity contribution in [3.63, 3.8) is 0 Å². The van der Waals surface area contributed by atoms with Gasteiger partial charge in [-0.25, -0.2) is 0 Å². The van der Waals surface area contributed by atoms with Crippen molar-refractivity contribution >= 4 is 23.0 Å². The minimum atomic E-state index is -0.382. The zero-order valence-corrected chi connectivity index (χ0v) is 12.3. The van der Waals surface area contributed by atoms with Crippen molar-refractivity contribution in [3.05, 3.63) is 28.3 Å². The molecule has 2 N–H and O–H groups in total. The van der Waals surface area contributed by atoms with Crippen LogP contribution in [0.1, 0.15) is 19.8 Å². The van der Waals surface area contributed by atoms with Gasteiger partial charge in [0, 0.05) is 20.1 Å². The summed E-state index contributed by atoms with van der Waals surface area (Å²) in [5.41, 5.74) is 1.03. The van der Waals surface area contributed by atoms with Crippen LogP contribution in [0.4, 0.5) is 17.1 Å². The number of nitrogens with one attached hydrogen (secondary N) is 2. The summed E-state index contributed by atoms with van der Waals surface area (Å²) in [6, 6.07) is 4.83. The fraction of sp³-hybridized carbons (Fsp3) is 0.500. The summed E-state index contributed by atoms with van der Waals surface area (Å²) in [4.78, 5) is 24.9. The van der Waals surface area contributed by atoms with Crippen LogP contribution < -0.4 is 15.5 Å². The van der Waals surface area contributed by atoms with Crippen LogP contribution in [0.2, 0.25) is 0 Å². The Hall–Kier alpha value is -2.31. The van der Waals surface area contributed by atoms with Gasteiger partial charge in [-0.1, -0.05) is 6.07 Å². The highest BCUT2D eigenvalue weighted by molar-refractivity contribution is 5.88. The Morgan fingerprint density at radius 1 is 1.52 bits per heavy atom. The van der Waals surface area contributed by atoms with E-state index in [-0.39, 0.29) is 22.6 Å². The molecule has 1 heterocycles. The number of hydrogen-bond donors (Lipinski definition) is 2. The van der Waals surface area contributed by atoms with Crippen molar-refractivity contribution in [2.45, 2.75) is 25.8 Å². The number of carbonyl (C=O) groups is 1. The molecule has 1 aliphatic rings. The first-order chi connectivity index (χ1) is 10.1. The normalized spacial score (nSPS) is 17.6. The Bertz CT molecular complexity index is 547. The number of nitro groups is 1. The van der Waals surface area contributed by atoms with Crippen LogP contribution in [0.5, 0.6) is 0 Å². The van der Waals surface area contributed by atoms with Crippen molar-refractivity contribution in [3.8, 4) is 0 Å². The number of benzene rings is 1. The monoisotopic (exact) mass is 292 g/mol. The third kappa shape index (κ3) is 2.91. The number of para-hydroxylation sites is 1. The van der Waals surface area contributed by atoms with Crippen LogP contribution in [-0.4, -0.2) is 37.0 Å². The lowest BCUT2D eigenvalue weighted by Crippen LogP contribution is -2.42. The van der Waals surface area contributed by atoms with Crippen LogP contribution in [-0.2, 0) is 4.79 Å². The second-order valence-electron chi connectivity index (χ2n) is 4.93. The molecule has 114 valence electrons. The first-order valence-electron chi connectivity index (χ1n) is 7.09. The number of hydrogen-bond acceptors (Lipinski definition) is 5. The van der Waals surface area contributed by atoms with E-state index in [0.717, 1.165) is 6.42 Å². The van der Waals surface area contributed by atoms with E-state index in [2.05, 4.69) is 10.6 Å². The van der Waals surface area contributed by atoms with E-state index in [4.69, 9.17) is 0 Å². The molecule has 0 saturated carbocycles. The molecule has 1 amide bonds. The molecular formula is C14H20N4O3. The molecule has 1 fully saturated rings. The topological polar surface area (TPSA) is 87.5 Å². The second-order valence-corrected chi connectivity index (χ2v) is 4.93. The van der Waals surface area contributed by atoms with Gasteiger partial charge in [0.2, 0.25) is 5.91 Å². The van der Waals surface area contributed by atoms with Crippen LogP contribution in [0, 0.1) is 10.1 Å². The average Bonchev–Trinajstić information content (AvgIpc) is 2.95. The van der Waals surface area contributed by atoms with Gasteiger partial charge in [-0.2, -0.15) is 0 Å². The van der Waals surface area contributed by atoms with Crippen molar-refractivity contribution in [1.29, 1.82) is 0 Å². The van der Waals surface area contributed by atoms with Crippen LogP contribution in [0.3, 0.4) is 0 Å². The molecule has 0 spiro atoms. The molecule has 1 atom stereocenters. The van der Waals surface area contributed by atoms with Crippen molar-refractivity contribution in [2.75, 3.05) is 30.4 Å². The maximum Gasteiger partial charge on any atom is 0.315 e. The van der Waals surface area contributed by atoms with E-state index in [1.54, 1.807) is 25.2 Å². The van der Waals surface area contributed by atoms with Gasteiger partial charge in [-0.15, -0.1) is 0 Å². The summed E-state index contributed by atoms with van der Waals surface area (Å²) in [6.45, 7) is 3.14. The van der Waals surface area contributed by atoms with Gasteiger partial charge >= 0.3 is 5.69 Å². The molecule has 0 bridgehead atoms. The molecule has 1 aromatic carbocycles. The number of rotatable bonds is 5. The third-order valence-corrected chi connectivity index (χ3v) is 3.68. The molecule has 7 heteroatoms. The molecule has 7 nitrogen and oxygen atoms in total. The molecule has 1 aliphatic heterocycles. The van der Waals surface area contributed by atoms with Gasteiger partial charge in [-0.05, 0) is 31.9 Å². The number of nitro benzene ring substituents is 1. The molecule has 1 saturated heterocycles. The summed E-state index contributed by atoms with van der Waals surface area (Å²) in [7, 11) is 1.59. The molecule has 0 aliphatic carbocycles. The van der Waals surface area contributed by atoms with Gasteiger partial charge < -0.3 is 15.5 Å². The minimum Gasteiger partial charge on any atom is -0.380 e. The van der Waals surface area contributed by atoms with Crippen molar-refractivity contribution < 1.29 is 9.72 Å². The Morgan fingerprint density at radius 2 is 2.29 bits per heavy atom. The van der Waals surface area contributed by atoms with Gasteiger partial charge in [0.15, 0.2) is 0 Å². The maximum absolute atomic E-state index is 12.0. The second kappa shape index (κ2) is 6.43. The predicted octanol–water partition coefficient (Wildman–Crippen LogP) is 1.74. The van der Waals surface area contributed by atoms with Gasteiger partial charge in [0.25, 0.3) is 0 Å². The minimum absolute atomic E-state index is 0.0372. The first-order valence-corrected chi connectivity index (χ1v) is 7.09. The standard InChI is InChI=1S/C14H20N4O3/c1-3-16-10-6-4-7-11(13(10)18(20)21)17-9-5-8-12(17)14(19)15-2/h4,6-7,12,16H,3,5,8-9H2,1-2H3,(H,15,19). The predicted molar refractivity (Wildman–Crippen MR) is 81.7 cm³/mol. The van der Waals surface area contributed by atoms with Crippen molar-refractivity contribution in [2.24, 2.45) is 0 Å². The summed E-state index contributed by atoms with van der Waals surface area (Å²) in [5.74, 6) is -0.101. The number of anilines is 2. The first kappa shape index (κ1) is 15.1. The summed E-state index contributed by atoms with van der Waals surface area (Å²) in [5, 5.41) is 17.1. The largest absolute Gasteiger partial charge is 0.380 e. The van der Waals surface area contributed by atoms with Crippen molar-refractivity contribution in [1.82, 2.24) is 5.32 Å². The average molecular weight is 292 g/mol. The number of nitrogens with zero attached hydrogens (tertiary/aromatic N) is 2. The van der Waals surface area contributed by atoms with E-state index in [1.165, 1.54) is 0 Å². The SMILES string of the molecule is CCNc1cccc(N2CCCC2C(=O)NC)c1[N+](=O)[O-]. The van der Waals surface area contributed by atoms with E-state index >= 15 is 0 Å². The Balaban J connectivity index is 2.45. The summed E-state index contributed by atoms with van der Waals surface area (Å²) < 4.78 is 0. The number of amides is 1. The molecule has 1 aromatic rings. The highest BCUT2D eigenvalue weighted by Crippen LogP contribution is 2.38. The molecule has 0 radical (unpaired) electrons. The lowest BCUT2D eigenvalue weighted by atomic mass is 10.1. The van der Waals surface area contributed by atoms with E-state index in [1.807, 2.05) is 11.8 Å². The summed E-state index contributed by atoms with van der Waals surface area (Å²) in [6.07, 6.45) is 1.56. The summed E-state index contributed by atoms with van der Waals surface area (Å²) >= 11 is 0. The molecule has 2 rings (SSSR count). The molecular weight excluding hydrogens is 272 g/mol. The highest BCUT2D eigenvalue weighted by Gasteiger charge is 2.34. The molecule has 1 unspecified atom stereocenters.